The Kier molecular flexibility index (Phi) is 28.1. The zero-order valence-corrected chi connectivity index (χ0v) is 59.6. The minimum Gasteiger partial charge on any atom is -0.507 e. The molecule has 9 aromatic rings. The van der Waals surface area contributed by atoms with Crippen LogP contribution < -0.4 is 0 Å². The third-order valence-electron chi connectivity index (χ3n) is 18.0. The highest BCUT2D eigenvalue weighted by Crippen LogP contribution is 2.46. The van der Waals surface area contributed by atoms with Crippen LogP contribution in [0.5, 0.6) is 23.0 Å². The topological polar surface area (TPSA) is 221 Å². The highest BCUT2D eigenvalue weighted by atomic mass is 32.2. The van der Waals surface area contributed by atoms with E-state index in [9.17, 15) is 51.1 Å². The van der Waals surface area contributed by atoms with Gasteiger partial charge in [-0.05, 0) is 178 Å². The summed E-state index contributed by atoms with van der Waals surface area (Å²) in [5, 5.41) is 101. The highest BCUT2D eigenvalue weighted by Gasteiger charge is 2.36. The van der Waals surface area contributed by atoms with E-state index in [2.05, 4.69) is 172 Å². The van der Waals surface area contributed by atoms with Gasteiger partial charge in [0.2, 0.25) is 0 Å². The molecule has 10 N–H and O–H groups in total. The molecule has 0 radical (unpaired) electrons. The van der Waals surface area contributed by atoms with Crippen LogP contribution in [0.2, 0.25) is 0 Å². The lowest BCUT2D eigenvalue weighted by Crippen LogP contribution is -2.27. The summed E-state index contributed by atoms with van der Waals surface area (Å²) in [6.07, 6.45) is 0. The van der Waals surface area contributed by atoms with Crippen LogP contribution in [0.25, 0.3) is 0 Å². The van der Waals surface area contributed by atoms with Gasteiger partial charge in [0.1, 0.15) is 23.0 Å². The number of benzene rings is 9. The molecule has 0 bridgehead atoms. The molecule has 0 amide bonds. The molecule has 96 heavy (non-hydrogen) atoms. The standard InChI is InChI=1S/C35H40O9.C18H15S.C16H26.C14H22O3/c1-34(2,28-8-20(14-36)31(42)21(9-28)15-37)26-4-6-27(7-5-26)35(3,29-10-22(16-38)32(43)23(11-29)17-39)30-12-24(18-40)33(44)25(13-30)19-41;1-4-10-16(11-5-1)19(17-12-6-2-7-13-17)18-14-8-3-9-15-18;1-10(2)14-8-15(11(3)4)13(7)16(9-14)12(5)6;1-14(2,3)12-6-10(8-16-4)13(15)11(7-12)9-17-5/h4-13,36-44H,14-19H2,1-3H3;1-15H;8-12H,1-7H3;6-7,15H,8-9H2,1-5H3/q;+1;;. The van der Waals surface area contributed by atoms with E-state index in [-0.39, 0.29) is 61.6 Å². The molecular weight excluding hydrogens is 1220 g/mol. The summed E-state index contributed by atoms with van der Waals surface area (Å²) in [6.45, 7) is 26.4. The van der Waals surface area contributed by atoms with Crippen molar-refractivity contribution < 1.29 is 60.5 Å². The summed E-state index contributed by atoms with van der Waals surface area (Å²) in [5.74, 6) is 1.57. The van der Waals surface area contributed by atoms with Crippen molar-refractivity contribution in [2.45, 2.75) is 192 Å². The number of methoxy groups -OCH3 is 2. The second-order valence-corrected chi connectivity index (χ2v) is 29.0. The van der Waals surface area contributed by atoms with Crippen molar-refractivity contribution in [2.24, 2.45) is 0 Å². The molecule has 0 unspecified atom stereocenters. The van der Waals surface area contributed by atoms with Crippen LogP contribution in [0.4, 0.5) is 0 Å². The van der Waals surface area contributed by atoms with Crippen LogP contribution in [0.1, 0.15) is 201 Å². The van der Waals surface area contributed by atoms with Crippen molar-refractivity contribution >= 4 is 10.9 Å². The minimum atomic E-state index is -1.03. The Morgan fingerprint density at radius 3 is 0.896 bits per heavy atom. The number of aromatic hydroxyl groups is 4. The minimum absolute atomic E-state index is 0.0146. The Labute approximate surface area is 573 Å². The van der Waals surface area contributed by atoms with Gasteiger partial charge in [-0.1, -0.05) is 167 Å². The van der Waals surface area contributed by atoms with Gasteiger partial charge in [-0.15, -0.1) is 0 Å². The lowest BCUT2D eigenvalue weighted by Gasteiger charge is -2.35. The molecule has 9 rings (SSSR count). The van der Waals surface area contributed by atoms with Crippen molar-refractivity contribution in [3.8, 4) is 23.0 Å². The summed E-state index contributed by atoms with van der Waals surface area (Å²) in [6, 6.07) is 58.6. The van der Waals surface area contributed by atoms with E-state index in [1.807, 2.05) is 57.2 Å². The van der Waals surface area contributed by atoms with Gasteiger partial charge in [0.25, 0.3) is 0 Å². The molecule has 0 saturated carbocycles. The maximum Gasteiger partial charge on any atom is 0.166 e. The molecule has 0 saturated heterocycles. The van der Waals surface area contributed by atoms with Crippen molar-refractivity contribution in [1.82, 2.24) is 0 Å². The maximum atomic E-state index is 10.6. The van der Waals surface area contributed by atoms with Crippen LogP contribution in [-0.4, -0.2) is 65.3 Å². The lowest BCUT2D eigenvalue weighted by atomic mass is 9.68. The van der Waals surface area contributed by atoms with Gasteiger partial charge < -0.3 is 60.5 Å². The Morgan fingerprint density at radius 1 is 0.344 bits per heavy atom. The molecule has 0 aliphatic heterocycles. The number of ether oxygens (including phenoxy) is 2. The van der Waals surface area contributed by atoms with E-state index in [4.69, 9.17) is 9.47 Å². The third kappa shape index (κ3) is 18.4. The molecule has 0 spiro atoms. The molecular formula is C83H103O12S+. The van der Waals surface area contributed by atoms with Gasteiger partial charge in [0.05, 0.1) is 63.8 Å². The third-order valence-corrected chi connectivity index (χ3v) is 20.2. The summed E-state index contributed by atoms with van der Waals surface area (Å²) in [5.41, 5.74) is 12.3. The van der Waals surface area contributed by atoms with Crippen LogP contribution in [0.3, 0.4) is 0 Å². The van der Waals surface area contributed by atoms with Gasteiger partial charge in [0, 0.05) is 69.6 Å². The first-order valence-corrected chi connectivity index (χ1v) is 34.0. The Bertz CT molecular complexity index is 3640. The quantitative estimate of drug-likeness (QED) is 0.0240. The zero-order valence-electron chi connectivity index (χ0n) is 58.8. The number of rotatable bonds is 21. The largest absolute Gasteiger partial charge is 0.507 e. The van der Waals surface area contributed by atoms with Crippen molar-refractivity contribution in [1.29, 1.82) is 0 Å². The van der Waals surface area contributed by atoms with Gasteiger partial charge in [-0.25, -0.2) is 0 Å². The smallest absolute Gasteiger partial charge is 0.166 e. The Balaban J connectivity index is 0.000000230. The predicted molar refractivity (Wildman–Crippen MR) is 387 cm³/mol. The fourth-order valence-electron chi connectivity index (χ4n) is 11.9. The zero-order chi connectivity index (χ0) is 70.8. The first-order chi connectivity index (χ1) is 45.6. The molecule has 0 aromatic heterocycles. The molecule has 0 atom stereocenters. The van der Waals surface area contributed by atoms with Gasteiger partial charge in [-0.2, -0.15) is 0 Å². The number of phenolic OH excluding ortho intramolecular Hbond substituents is 1. The van der Waals surface area contributed by atoms with Crippen LogP contribution in [-0.2, 0) is 89.5 Å². The SMILES string of the molecule is CC(C)(c1ccc(C(C)(c2cc(CO)c(O)c(CO)c2)c2cc(CO)c(O)c(CO)c2)cc1)c1cc(CO)c(O)c(CO)c1.COCc1cc(C(C)(C)C)cc(COC)c1O.Cc1c(C(C)C)cc(C(C)C)cc1C(C)C.c1ccc([S+](c2ccccc2)c2ccccc2)cc1. The maximum absolute atomic E-state index is 10.6. The number of aliphatic hydroxyl groups excluding tert-OH is 6. The molecule has 0 heterocycles. The Morgan fingerprint density at radius 2 is 0.625 bits per heavy atom. The lowest BCUT2D eigenvalue weighted by molar-refractivity contribution is 0.174. The van der Waals surface area contributed by atoms with E-state index in [1.54, 1.807) is 50.6 Å². The molecule has 0 aliphatic carbocycles. The first-order valence-electron chi connectivity index (χ1n) is 32.8. The van der Waals surface area contributed by atoms with Gasteiger partial charge in [-0.3, -0.25) is 0 Å². The molecule has 512 valence electrons. The van der Waals surface area contributed by atoms with Crippen molar-refractivity contribution in [3.05, 3.63) is 276 Å². The van der Waals surface area contributed by atoms with E-state index >= 15 is 0 Å². The summed E-state index contributed by atoms with van der Waals surface area (Å²) < 4.78 is 10.2. The first kappa shape index (κ1) is 77.2. The fourth-order valence-corrected chi connectivity index (χ4v) is 14.1. The van der Waals surface area contributed by atoms with Gasteiger partial charge in [0.15, 0.2) is 14.7 Å². The molecule has 0 fully saturated rings. The van der Waals surface area contributed by atoms with Crippen LogP contribution in [0.15, 0.2) is 191 Å². The van der Waals surface area contributed by atoms with E-state index in [0.717, 1.165) is 27.8 Å². The summed E-state index contributed by atoms with van der Waals surface area (Å²) >= 11 is 0. The van der Waals surface area contributed by atoms with Crippen molar-refractivity contribution in [3.63, 3.8) is 0 Å². The van der Waals surface area contributed by atoms with Crippen molar-refractivity contribution in [2.75, 3.05) is 14.2 Å². The summed E-state index contributed by atoms with van der Waals surface area (Å²) in [7, 11) is 3.23. The van der Waals surface area contributed by atoms with Crippen LogP contribution >= 0.6 is 0 Å². The molecule has 0 aliphatic rings. The molecule has 13 heteroatoms. The normalized spacial score (nSPS) is 11.7. The Hall–Kier alpha value is -7.79. The number of phenols is 4. The molecule has 12 nitrogen and oxygen atoms in total. The van der Waals surface area contributed by atoms with Crippen LogP contribution in [0, 0.1) is 6.92 Å². The number of hydrogen-bond donors (Lipinski definition) is 10. The number of aliphatic hydroxyl groups is 6. The van der Waals surface area contributed by atoms with E-state index in [1.165, 1.54) is 42.5 Å². The monoisotopic (exact) mass is 1320 g/mol. The number of hydrogen-bond acceptors (Lipinski definition) is 12. The average molecular weight is 1320 g/mol. The predicted octanol–water partition coefficient (Wildman–Crippen LogP) is 16.6. The summed E-state index contributed by atoms with van der Waals surface area (Å²) in [4.78, 5) is 4.08. The van der Waals surface area contributed by atoms with Gasteiger partial charge >= 0.3 is 0 Å². The van der Waals surface area contributed by atoms with E-state index < -0.39 is 50.5 Å². The van der Waals surface area contributed by atoms with E-state index in [0.29, 0.717) is 53.2 Å². The second kappa shape index (κ2) is 34.9. The molecule has 9 aromatic carbocycles. The highest BCUT2D eigenvalue weighted by molar-refractivity contribution is 7.97. The fraction of sp³-hybridized carbons (Fsp3) is 0.349. The average Bonchev–Trinajstić information content (AvgIpc) is 0.745. The second-order valence-electron chi connectivity index (χ2n) is 27.0.